The fraction of sp³-hybridized carbons (Fsp3) is 0.167. The Morgan fingerprint density at radius 3 is 2.59 bits per heavy atom. The van der Waals surface area contributed by atoms with Gasteiger partial charge in [-0.3, -0.25) is 4.79 Å². The molecule has 0 saturated heterocycles. The van der Waals surface area contributed by atoms with Gasteiger partial charge < -0.3 is 16.2 Å². The highest BCUT2D eigenvalue weighted by molar-refractivity contribution is 7.98. The van der Waals surface area contributed by atoms with Crippen LogP contribution in [0.1, 0.15) is 18.1 Å². The van der Waals surface area contributed by atoms with E-state index in [0.29, 0.717) is 10.7 Å². The number of nitriles is 1. The Morgan fingerprint density at radius 1 is 1.37 bits per heavy atom. The van der Waals surface area contributed by atoms with Crippen LogP contribution in [0.2, 0.25) is 0 Å². The molecule has 0 unspecified atom stereocenters. The van der Waals surface area contributed by atoms with Crippen LogP contribution in [-0.2, 0) is 4.79 Å². The molecule has 27 heavy (non-hydrogen) atoms. The Hall–Kier alpha value is -3.38. The quantitative estimate of drug-likeness (QED) is 0.308. The van der Waals surface area contributed by atoms with Gasteiger partial charge in [0.1, 0.15) is 28.2 Å². The number of allylic oxidation sites excluding steroid dienone is 1. The minimum Gasteiger partial charge on any atom is -0.510 e. The highest BCUT2D eigenvalue weighted by Crippen LogP contribution is 2.26. The maximum atomic E-state index is 12.5. The molecule has 2 aromatic rings. The number of anilines is 2. The first-order valence-electron chi connectivity index (χ1n) is 7.80. The van der Waals surface area contributed by atoms with Crippen molar-refractivity contribution in [1.82, 2.24) is 4.98 Å². The minimum absolute atomic E-state index is 0.144. The first kappa shape index (κ1) is 19.9. The van der Waals surface area contributed by atoms with Gasteiger partial charge in [0, 0.05) is 6.07 Å². The molecule has 0 fully saturated rings. The second-order valence-electron chi connectivity index (χ2n) is 5.52. The van der Waals surface area contributed by atoms with Crippen molar-refractivity contribution in [3.05, 3.63) is 52.9 Å². The van der Waals surface area contributed by atoms with Crippen molar-refractivity contribution in [3.8, 4) is 6.07 Å². The maximum absolute atomic E-state index is 12.5. The van der Waals surface area contributed by atoms with Gasteiger partial charge in [0.25, 0.3) is 5.91 Å². The van der Waals surface area contributed by atoms with Crippen LogP contribution in [0.5, 0.6) is 0 Å². The number of amides is 1. The van der Waals surface area contributed by atoms with Crippen molar-refractivity contribution in [2.75, 3.05) is 17.3 Å². The number of aryl methyl sites for hydroxylation is 1. The zero-order valence-corrected chi connectivity index (χ0v) is 15.8. The number of pyridine rings is 1. The molecule has 0 radical (unpaired) electrons. The standard InChI is InChI=1S/C18H18N6O2S/c1-10-4-6-12(7-5-10)23-24-16(11(2)25)17(26)21-15-8-14(20)13(9-19)18(22-15)27-3/h4-8,25H,1-3H3,(H3,20,21,22,26)/b16-11+,24-23?. The predicted molar refractivity (Wildman–Crippen MR) is 105 cm³/mol. The number of rotatable bonds is 5. The van der Waals surface area contributed by atoms with Crippen LogP contribution >= 0.6 is 11.8 Å². The average Bonchev–Trinajstić information content (AvgIpc) is 2.62. The Kier molecular flexibility index (Phi) is 6.51. The van der Waals surface area contributed by atoms with E-state index in [1.54, 1.807) is 18.4 Å². The van der Waals surface area contributed by atoms with Crippen molar-refractivity contribution in [2.45, 2.75) is 18.9 Å². The van der Waals surface area contributed by atoms with Crippen LogP contribution in [0.4, 0.5) is 17.2 Å². The second-order valence-corrected chi connectivity index (χ2v) is 6.31. The summed E-state index contributed by atoms with van der Waals surface area (Å²) in [5.74, 6) is -0.852. The Balaban J connectivity index is 2.26. The largest absolute Gasteiger partial charge is 0.510 e. The van der Waals surface area contributed by atoms with E-state index in [0.717, 1.165) is 5.56 Å². The van der Waals surface area contributed by atoms with Gasteiger partial charge in [-0.05, 0) is 32.2 Å². The number of carbonyl (C=O) groups excluding carboxylic acids is 1. The van der Waals surface area contributed by atoms with E-state index >= 15 is 0 Å². The predicted octanol–water partition coefficient (Wildman–Crippen LogP) is 4.08. The molecule has 1 aromatic carbocycles. The topological polar surface area (TPSA) is 137 Å². The number of aliphatic hydroxyl groups is 1. The van der Waals surface area contributed by atoms with Crippen LogP contribution in [0.15, 0.2) is 57.0 Å². The molecular weight excluding hydrogens is 364 g/mol. The molecule has 0 saturated carbocycles. The summed E-state index contributed by atoms with van der Waals surface area (Å²) in [5.41, 5.74) is 7.62. The number of aromatic nitrogens is 1. The number of benzene rings is 1. The molecule has 0 aliphatic heterocycles. The monoisotopic (exact) mass is 382 g/mol. The fourth-order valence-electron chi connectivity index (χ4n) is 2.04. The molecule has 1 aromatic heterocycles. The van der Waals surface area contributed by atoms with E-state index in [1.165, 1.54) is 24.8 Å². The van der Waals surface area contributed by atoms with E-state index in [4.69, 9.17) is 11.0 Å². The molecular formula is C18H18N6O2S. The maximum Gasteiger partial charge on any atom is 0.280 e. The lowest BCUT2D eigenvalue weighted by molar-refractivity contribution is -0.113. The number of azo groups is 1. The van der Waals surface area contributed by atoms with E-state index in [1.807, 2.05) is 25.1 Å². The van der Waals surface area contributed by atoms with Gasteiger partial charge in [-0.25, -0.2) is 4.98 Å². The van der Waals surface area contributed by atoms with Crippen LogP contribution in [0, 0.1) is 18.3 Å². The molecule has 0 aliphatic rings. The van der Waals surface area contributed by atoms with Crippen LogP contribution in [-0.4, -0.2) is 22.3 Å². The summed E-state index contributed by atoms with van der Waals surface area (Å²) >= 11 is 1.23. The zero-order chi connectivity index (χ0) is 20.0. The van der Waals surface area contributed by atoms with Crippen LogP contribution in [0.25, 0.3) is 0 Å². The molecule has 1 heterocycles. The van der Waals surface area contributed by atoms with Crippen molar-refractivity contribution >= 4 is 34.9 Å². The van der Waals surface area contributed by atoms with Gasteiger partial charge in [0.05, 0.1) is 11.4 Å². The molecule has 8 nitrogen and oxygen atoms in total. The number of nitrogens with zero attached hydrogens (tertiary/aromatic N) is 4. The van der Waals surface area contributed by atoms with Crippen molar-refractivity contribution in [2.24, 2.45) is 10.2 Å². The minimum atomic E-state index is -0.700. The third kappa shape index (κ3) is 5.05. The van der Waals surface area contributed by atoms with Gasteiger partial charge in [0.15, 0.2) is 5.70 Å². The number of carbonyl (C=O) groups is 1. The van der Waals surface area contributed by atoms with E-state index in [-0.39, 0.29) is 28.5 Å². The Morgan fingerprint density at radius 2 is 2.04 bits per heavy atom. The van der Waals surface area contributed by atoms with Gasteiger partial charge in [-0.1, -0.05) is 17.7 Å². The third-order valence-corrected chi connectivity index (χ3v) is 4.10. The van der Waals surface area contributed by atoms with Crippen LogP contribution in [0.3, 0.4) is 0 Å². The summed E-state index contributed by atoms with van der Waals surface area (Å²) in [6.07, 6.45) is 1.74. The molecule has 4 N–H and O–H groups in total. The normalized spacial score (nSPS) is 11.8. The number of aliphatic hydroxyl groups excluding tert-OH is 1. The van der Waals surface area contributed by atoms with E-state index in [9.17, 15) is 9.90 Å². The van der Waals surface area contributed by atoms with Crippen LogP contribution < -0.4 is 11.1 Å². The molecule has 0 atom stereocenters. The number of nitrogens with two attached hydrogens (primary N) is 1. The van der Waals surface area contributed by atoms with Gasteiger partial charge in [0.2, 0.25) is 0 Å². The zero-order valence-electron chi connectivity index (χ0n) is 15.0. The third-order valence-electron chi connectivity index (χ3n) is 3.42. The fourth-order valence-corrected chi connectivity index (χ4v) is 2.60. The highest BCUT2D eigenvalue weighted by Gasteiger charge is 2.16. The number of hydrogen-bond acceptors (Lipinski definition) is 8. The average molecular weight is 382 g/mol. The first-order chi connectivity index (χ1) is 12.8. The summed E-state index contributed by atoms with van der Waals surface area (Å²) in [7, 11) is 0. The van der Waals surface area contributed by atoms with Gasteiger partial charge >= 0.3 is 0 Å². The smallest absolute Gasteiger partial charge is 0.280 e. The number of nitrogen functional groups attached to an aromatic ring is 1. The van der Waals surface area contributed by atoms with Gasteiger partial charge in [-0.15, -0.1) is 16.9 Å². The van der Waals surface area contributed by atoms with Crippen molar-refractivity contribution in [3.63, 3.8) is 0 Å². The summed E-state index contributed by atoms with van der Waals surface area (Å²) in [6.45, 7) is 3.27. The lowest BCUT2D eigenvalue weighted by Gasteiger charge is -2.09. The molecule has 1 amide bonds. The molecule has 0 spiro atoms. The number of thioether (sulfide) groups is 1. The molecule has 2 rings (SSSR count). The van der Waals surface area contributed by atoms with E-state index < -0.39 is 5.91 Å². The van der Waals surface area contributed by atoms with E-state index in [2.05, 4.69) is 20.5 Å². The summed E-state index contributed by atoms with van der Waals surface area (Å²) < 4.78 is 0. The second kappa shape index (κ2) is 8.82. The number of hydrogen-bond donors (Lipinski definition) is 3. The number of nitrogens with one attached hydrogen (secondary N) is 1. The van der Waals surface area contributed by atoms with Gasteiger partial charge in [-0.2, -0.15) is 10.4 Å². The first-order valence-corrected chi connectivity index (χ1v) is 9.02. The lowest BCUT2D eigenvalue weighted by Crippen LogP contribution is -2.16. The van der Waals surface area contributed by atoms with Crippen molar-refractivity contribution < 1.29 is 9.90 Å². The highest BCUT2D eigenvalue weighted by atomic mass is 32.2. The molecule has 0 bridgehead atoms. The Labute approximate surface area is 160 Å². The summed E-state index contributed by atoms with van der Waals surface area (Å²) in [5, 5.41) is 29.6. The summed E-state index contributed by atoms with van der Waals surface area (Å²) in [6, 6.07) is 10.6. The molecule has 9 heteroatoms. The SMILES string of the molecule is CSc1nc(NC(=O)/C(N=Nc2ccc(C)cc2)=C(/C)O)cc(N)c1C#N. The van der Waals surface area contributed by atoms with Crippen molar-refractivity contribution in [1.29, 1.82) is 5.26 Å². The molecule has 138 valence electrons. The molecule has 0 aliphatic carbocycles. The summed E-state index contributed by atoms with van der Waals surface area (Å²) in [4.78, 5) is 16.6. The lowest BCUT2D eigenvalue weighted by atomic mass is 10.2. The Bertz CT molecular complexity index is 957.